The standard InChI is InChI=1S/C32H49N6O12P/c1-17(2)26-30(43)35-21(32(45)49-5)9-7-6-8-10-25(40)34-22(15-19-11-13-20(14-12-19)50-51(46,47)48)28(41)37-27(18(3)4)31(44)36-23(16-24(33)39)29(42)38-26/h11-14,17-18,21-23,26-27H,6-10,15-16H2,1-5H3,(H2,33,39)(H,34,40)(H,35,43)(H,36,44)(H,37,41)(H,38,42)(H2,46,47,48)/t21-,22-,23-,26-,27-/m0/s1. The Morgan fingerprint density at radius 2 is 1.35 bits per heavy atom. The van der Waals surface area contributed by atoms with E-state index in [1.807, 2.05) is 0 Å². The van der Waals surface area contributed by atoms with Crippen molar-refractivity contribution < 1.29 is 57.2 Å². The Hall–Kier alpha value is -4.54. The number of ether oxygens (including phenoxy) is 1. The van der Waals surface area contributed by atoms with E-state index in [4.69, 9.17) is 20.3 Å². The summed E-state index contributed by atoms with van der Waals surface area (Å²) < 4.78 is 20.6. The van der Waals surface area contributed by atoms with Gasteiger partial charge in [-0.3, -0.25) is 38.6 Å². The van der Waals surface area contributed by atoms with Crippen LogP contribution >= 0.6 is 7.82 Å². The Bertz CT molecular complexity index is 1460. The fraction of sp³-hybridized carbons (Fsp3) is 0.594. The molecule has 51 heavy (non-hydrogen) atoms. The highest BCUT2D eigenvalue weighted by Crippen LogP contribution is 2.37. The first-order valence-electron chi connectivity index (χ1n) is 16.5. The Balaban J connectivity index is 2.47. The molecule has 18 nitrogen and oxygen atoms in total. The van der Waals surface area contributed by atoms with Crippen molar-refractivity contribution in [1.29, 1.82) is 0 Å². The predicted octanol–water partition coefficient (Wildman–Crippen LogP) is -0.551. The van der Waals surface area contributed by atoms with Crippen LogP contribution in [-0.2, 0) is 49.3 Å². The number of hydrogen-bond acceptors (Lipinski definition) is 10. The Morgan fingerprint density at radius 1 is 0.804 bits per heavy atom. The van der Waals surface area contributed by atoms with Crippen molar-refractivity contribution in [2.45, 2.75) is 103 Å². The van der Waals surface area contributed by atoms with Crippen LogP contribution in [0.5, 0.6) is 5.75 Å². The molecule has 0 spiro atoms. The lowest BCUT2D eigenvalue weighted by Gasteiger charge is -2.29. The van der Waals surface area contributed by atoms with Gasteiger partial charge in [-0.15, -0.1) is 0 Å². The van der Waals surface area contributed by atoms with Gasteiger partial charge in [0.15, 0.2) is 0 Å². The molecule has 9 N–H and O–H groups in total. The monoisotopic (exact) mass is 740 g/mol. The quantitative estimate of drug-likeness (QED) is 0.117. The maximum absolute atomic E-state index is 13.7. The zero-order valence-corrected chi connectivity index (χ0v) is 30.2. The molecule has 1 fully saturated rings. The maximum atomic E-state index is 13.7. The average Bonchev–Trinajstić information content (AvgIpc) is 3.03. The van der Waals surface area contributed by atoms with Crippen LogP contribution in [0.2, 0.25) is 0 Å². The number of nitrogens with two attached hydrogens (primary N) is 1. The Labute approximate surface area is 295 Å². The number of nitrogens with one attached hydrogen (secondary N) is 5. The van der Waals surface area contributed by atoms with Crippen LogP contribution in [0.4, 0.5) is 0 Å². The summed E-state index contributed by atoms with van der Waals surface area (Å²) in [6, 6.07) is -0.844. The number of phosphoric ester groups is 1. The van der Waals surface area contributed by atoms with Crippen LogP contribution in [0.1, 0.15) is 71.8 Å². The molecule has 0 aliphatic carbocycles. The summed E-state index contributed by atoms with van der Waals surface area (Å²) in [5.41, 5.74) is 5.86. The van der Waals surface area contributed by atoms with Gasteiger partial charge in [0.1, 0.15) is 36.0 Å². The minimum atomic E-state index is -4.81. The third-order valence-corrected chi connectivity index (χ3v) is 8.42. The summed E-state index contributed by atoms with van der Waals surface area (Å²) in [6.45, 7) is 6.54. The van der Waals surface area contributed by atoms with Gasteiger partial charge in [-0.1, -0.05) is 52.7 Å². The molecule has 2 rings (SSSR count). The van der Waals surface area contributed by atoms with Gasteiger partial charge in [0.25, 0.3) is 0 Å². The lowest BCUT2D eigenvalue weighted by Crippen LogP contribution is -2.61. The molecule has 0 unspecified atom stereocenters. The number of carbonyl (C=O) groups excluding carboxylic acids is 7. The van der Waals surface area contributed by atoms with E-state index < -0.39 is 97.7 Å². The fourth-order valence-corrected chi connectivity index (χ4v) is 5.64. The second-order valence-corrected chi connectivity index (χ2v) is 14.1. The number of carbonyl (C=O) groups is 7. The fourth-order valence-electron chi connectivity index (χ4n) is 5.25. The van der Waals surface area contributed by atoms with Crippen molar-refractivity contribution in [3.05, 3.63) is 29.8 Å². The minimum absolute atomic E-state index is 0.00155. The number of hydrogen-bond donors (Lipinski definition) is 8. The predicted molar refractivity (Wildman–Crippen MR) is 181 cm³/mol. The smallest absolute Gasteiger partial charge is 0.467 e. The van der Waals surface area contributed by atoms with Crippen LogP contribution < -0.4 is 36.8 Å². The third-order valence-electron chi connectivity index (χ3n) is 7.97. The summed E-state index contributed by atoms with van der Waals surface area (Å²) in [5.74, 6) is -6.55. The average molecular weight is 741 g/mol. The van der Waals surface area contributed by atoms with E-state index in [-0.39, 0.29) is 25.0 Å². The van der Waals surface area contributed by atoms with Gasteiger partial charge in [-0.25, -0.2) is 9.36 Å². The van der Waals surface area contributed by atoms with E-state index in [1.165, 1.54) is 24.3 Å². The van der Waals surface area contributed by atoms with Gasteiger partial charge >= 0.3 is 13.8 Å². The van der Waals surface area contributed by atoms with Crippen molar-refractivity contribution in [2.24, 2.45) is 17.6 Å². The van der Waals surface area contributed by atoms with Crippen LogP contribution in [-0.4, -0.2) is 88.5 Å². The van der Waals surface area contributed by atoms with E-state index in [0.717, 1.165) is 7.11 Å². The molecule has 1 heterocycles. The van der Waals surface area contributed by atoms with Gasteiger partial charge in [0.2, 0.25) is 35.4 Å². The van der Waals surface area contributed by atoms with E-state index in [1.54, 1.807) is 27.7 Å². The summed E-state index contributed by atoms with van der Waals surface area (Å²) in [6.07, 6.45) is 0.642. The molecule has 6 amide bonds. The number of phosphoric acid groups is 1. The summed E-state index contributed by atoms with van der Waals surface area (Å²) in [5, 5.41) is 12.9. The zero-order valence-electron chi connectivity index (χ0n) is 29.3. The molecule has 1 aliphatic rings. The molecule has 19 heteroatoms. The summed E-state index contributed by atoms with van der Waals surface area (Å²) in [4.78, 5) is 110. The summed E-state index contributed by atoms with van der Waals surface area (Å²) in [7, 11) is -3.65. The van der Waals surface area contributed by atoms with E-state index in [9.17, 15) is 38.1 Å². The Morgan fingerprint density at radius 3 is 1.86 bits per heavy atom. The first-order valence-corrected chi connectivity index (χ1v) is 18.0. The highest BCUT2D eigenvalue weighted by atomic mass is 31.2. The molecule has 0 bridgehead atoms. The van der Waals surface area contributed by atoms with Gasteiger partial charge in [-0.2, -0.15) is 0 Å². The molecule has 1 aliphatic heterocycles. The SMILES string of the molecule is COC(=O)[C@@H]1CCCCCC(=O)N[C@@H](Cc2ccc(OP(=O)(O)O)cc2)C(=O)N[C@@H](C(C)C)C(=O)N[C@@H](CC(N)=O)C(=O)N[C@@H](C(C)C)C(=O)N1. The number of rotatable bonds is 9. The van der Waals surface area contributed by atoms with Crippen LogP contribution in [0.25, 0.3) is 0 Å². The molecule has 1 aromatic rings. The minimum Gasteiger partial charge on any atom is -0.467 e. The van der Waals surface area contributed by atoms with Crippen LogP contribution in [0.15, 0.2) is 24.3 Å². The van der Waals surface area contributed by atoms with Gasteiger partial charge in [0.05, 0.1) is 13.5 Å². The third kappa shape index (κ3) is 14.7. The zero-order chi connectivity index (χ0) is 38.5. The molecule has 1 aromatic carbocycles. The van der Waals surface area contributed by atoms with Crippen molar-refractivity contribution in [3.8, 4) is 5.75 Å². The number of esters is 1. The molecular weight excluding hydrogens is 691 g/mol. The molecule has 5 atom stereocenters. The normalized spacial score (nSPS) is 23.6. The lowest BCUT2D eigenvalue weighted by atomic mass is 9.99. The number of amides is 6. The highest BCUT2D eigenvalue weighted by Gasteiger charge is 2.35. The molecule has 0 radical (unpaired) electrons. The Kier molecular flexibility index (Phi) is 16.5. The number of primary amides is 1. The maximum Gasteiger partial charge on any atom is 0.524 e. The molecule has 1 saturated heterocycles. The molecule has 0 saturated carbocycles. The largest absolute Gasteiger partial charge is 0.524 e. The van der Waals surface area contributed by atoms with Crippen LogP contribution in [0.3, 0.4) is 0 Å². The van der Waals surface area contributed by atoms with Gasteiger partial charge < -0.3 is 41.6 Å². The van der Waals surface area contributed by atoms with Crippen molar-refractivity contribution in [1.82, 2.24) is 26.6 Å². The van der Waals surface area contributed by atoms with E-state index >= 15 is 0 Å². The van der Waals surface area contributed by atoms with Gasteiger partial charge in [0, 0.05) is 12.8 Å². The van der Waals surface area contributed by atoms with Gasteiger partial charge in [-0.05, 0) is 42.4 Å². The number of methoxy groups -OCH3 is 1. The first kappa shape index (κ1) is 42.6. The van der Waals surface area contributed by atoms with Crippen molar-refractivity contribution in [2.75, 3.05) is 7.11 Å². The topological polar surface area (TPSA) is 282 Å². The van der Waals surface area contributed by atoms with E-state index in [0.29, 0.717) is 24.8 Å². The van der Waals surface area contributed by atoms with Crippen molar-refractivity contribution >= 4 is 49.2 Å². The summed E-state index contributed by atoms with van der Waals surface area (Å²) >= 11 is 0. The van der Waals surface area contributed by atoms with E-state index in [2.05, 4.69) is 31.1 Å². The molecule has 0 aromatic heterocycles. The number of benzene rings is 1. The first-order chi connectivity index (χ1) is 23.8. The highest BCUT2D eigenvalue weighted by molar-refractivity contribution is 7.46. The lowest BCUT2D eigenvalue weighted by molar-refractivity contribution is -0.146. The van der Waals surface area contributed by atoms with Crippen molar-refractivity contribution in [3.63, 3.8) is 0 Å². The second kappa shape index (κ2) is 19.7. The molecule has 284 valence electrons. The van der Waals surface area contributed by atoms with Crippen LogP contribution in [0, 0.1) is 11.8 Å². The molecular formula is C32H49N6O12P. The second-order valence-electron chi connectivity index (χ2n) is 12.9.